The van der Waals surface area contributed by atoms with Gasteiger partial charge in [0.2, 0.25) is 0 Å². The Bertz CT molecular complexity index is 4070. The van der Waals surface area contributed by atoms with Crippen molar-refractivity contribution in [3.05, 3.63) is 233 Å². The van der Waals surface area contributed by atoms with Gasteiger partial charge in [0.1, 0.15) is 56.9 Å². The maximum Gasteiger partial charge on any atom is 0.338 e. The summed E-state index contributed by atoms with van der Waals surface area (Å²) in [5.41, 5.74) is 15.8. The first-order valence-corrected chi connectivity index (χ1v) is 27.8. The molecule has 10 aromatic rings. The molecule has 4 aliphatic rings. The molecule has 0 spiro atoms. The van der Waals surface area contributed by atoms with Crippen molar-refractivity contribution >= 4 is 69.2 Å². The van der Waals surface area contributed by atoms with Crippen molar-refractivity contribution in [3.8, 4) is 50.6 Å². The second-order valence-electron chi connectivity index (χ2n) is 20.3. The summed E-state index contributed by atoms with van der Waals surface area (Å²) < 4.78 is 35.8. The van der Waals surface area contributed by atoms with Gasteiger partial charge in [-0.1, -0.05) is 91.0 Å². The number of nitrogens with one attached hydrogen (secondary N) is 5. The number of hydrogen-bond acceptors (Lipinski definition) is 13. The highest BCUT2D eigenvalue weighted by atomic mass is 16.6. The number of fused-ring (bicyclic) bond motifs is 15. The molecule has 14 rings (SSSR count). The molecule has 84 heavy (non-hydrogen) atoms. The number of hydrogen-bond donors (Lipinski definition) is 5. The lowest BCUT2D eigenvalue weighted by molar-refractivity contribution is 0.0444. The summed E-state index contributed by atoms with van der Waals surface area (Å²) in [6, 6.07) is 60.4. The Morgan fingerprint density at radius 2 is 0.631 bits per heavy atom. The number of rotatable bonds is 0. The Balaban J connectivity index is 0.977. The molecular weight excluding hydrogens is 1060 g/mol. The molecule has 0 radical (unpaired) electrons. The third kappa shape index (κ3) is 11.4. The summed E-state index contributed by atoms with van der Waals surface area (Å²) in [7, 11) is 0. The van der Waals surface area contributed by atoms with Crippen molar-refractivity contribution in [2.75, 3.05) is 55.6 Å². The highest BCUT2D eigenvalue weighted by Gasteiger charge is 2.22. The zero-order valence-electron chi connectivity index (χ0n) is 45.5. The fourth-order valence-electron chi connectivity index (χ4n) is 10.8. The molecule has 18 bridgehead atoms. The van der Waals surface area contributed by atoms with E-state index in [0.717, 1.165) is 101 Å². The lowest BCUT2D eigenvalue weighted by Crippen LogP contribution is -2.18. The van der Waals surface area contributed by atoms with Crippen LogP contribution in [0.3, 0.4) is 0 Å². The number of nitrogens with zero attached hydrogens (tertiary/aromatic N) is 1. The summed E-state index contributed by atoms with van der Waals surface area (Å²) >= 11 is 0. The van der Waals surface area contributed by atoms with Gasteiger partial charge < -0.3 is 54.3 Å². The van der Waals surface area contributed by atoms with Crippen LogP contribution in [-0.4, -0.2) is 72.5 Å². The first kappa shape index (κ1) is 52.6. The van der Waals surface area contributed by atoms with Crippen molar-refractivity contribution in [2.24, 2.45) is 0 Å². The van der Waals surface area contributed by atoms with Crippen LogP contribution < -0.4 is 30.2 Å². The topological polar surface area (TPSA) is 187 Å². The molecule has 7 aromatic carbocycles. The molecule has 4 aliphatic heterocycles. The van der Waals surface area contributed by atoms with E-state index in [1.165, 1.54) is 18.2 Å². The predicted octanol–water partition coefficient (Wildman–Crippen LogP) is 13.8. The molecule has 15 heteroatoms. The third-order valence-electron chi connectivity index (χ3n) is 14.8. The minimum Gasteiger partial charge on any atom is -0.490 e. The van der Waals surface area contributed by atoms with E-state index in [-0.39, 0.29) is 56.3 Å². The zero-order chi connectivity index (χ0) is 56.8. The Morgan fingerprint density at radius 3 is 1.00 bits per heavy atom. The largest absolute Gasteiger partial charge is 0.490 e. The van der Waals surface area contributed by atoms with Crippen molar-refractivity contribution in [1.29, 1.82) is 0 Å². The highest BCUT2D eigenvalue weighted by molar-refractivity contribution is 6.02. The molecule has 0 fully saturated rings. The second kappa shape index (κ2) is 23.7. The Hall–Kier alpha value is -10.8. The number of carbonyl (C=O) groups excluding carboxylic acids is 3. The van der Waals surface area contributed by atoms with Gasteiger partial charge in [-0.25, -0.2) is 19.4 Å². The van der Waals surface area contributed by atoms with Gasteiger partial charge in [0.15, 0.2) is 0 Å². The Kier molecular flexibility index (Phi) is 14.8. The number of para-hydroxylation sites is 3. The van der Waals surface area contributed by atoms with E-state index in [4.69, 9.17) is 33.4 Å². The van der Waals surface area contributed by atoms with Gasteiger partial charge in [0.25, 0.3) is 0 Å². The molecule has 0 amide bonds. The van der Waals surface area contributed by atoms with Crippen LogP contribution in [0.5, 0.6) is 17.2 Å². The quantitative estimate of drug-likeness (QED) is 0.0714. The van der Waals surface area contributed by atoms with E-state index < -0.39 is 17.9 Å². The van der Waals surface area contributed by atoms with Gasteiger partial charge in [-0.15, -0.1) is 0 Å². The van der Waals surface area contributed by atoms with E-state index in [1.807, 2.05) is 109 Å². The fraction of sp³-hybridized carbons (Fsp3) is 0.130. The monoisotopic (exact) mass is 1110 g/mol. The number of ether oxygens (including phenoxy) is 6. The average molecular weight is 1110 g/mol. The van der Waals surface area contributed by atoms with E-state index in [9.17, 15) is 14.4 Å². The summed E-state index contributed by atoms with van der Waals surface area (Å²) in [6.07, 6.45) is 4.17. The van der Waals surface area contributed by atoms with Crippen LogP contribution in [0.1, 0.15) is 59.2 Å². The van der Waals surface area contributed by atoms with Gasteiger partial charge in [0, 0.05) is 92.1 Å². The maximum atomic E-state index is 13.8. The second-order valence-corrected chi connectivity index (χ2v) is 20.3. The smallest absolute Gasteiger partial charge is 0.338 e. The number of aromatic nitrogens is 3. The van der Waals surface area contributed by atoms with Crippen LogP contribution in [0, 0.1) is 0 Å². The third-order valence-corrected chi connectivity index (χ3v) is 14.8. The van der Waals surface area contributed by atoms with Crippen molar-refractivity contribution < 1.29 is 42.8 Å². The molecule has 15 nitrogen and oxygen atoms in total. The molecule has 5 N–H and O–H groups in total. The van der Waals surface area contributed by atoms with E-state index in [2.05, 4.69) is 98.7 Å². The number of benzene rings is 7. The van der Waals surface area contributed by atoms with Crippen LogP contribution in [0.2, 0.25) is 0 Å². The zero-order valence-corrected chi connectivity index (χ0v) is 45.5. The number of esters is 3. The first-order valence-electron chi connectivity index (χ1n) is 27.8. The lowest BCUT2D eigenvalue weighted by atomic mass is 10.0. The Labute approximate surface area is 483 Å². The minimum atomic E-state index is -0.783. The number of aromatic amines is 2. The van der Waals surface area contributed by atoms with Gasteiger partial charge in [-0.2, -0.15) is 0 Å². The molecule has 0 atom stereocenters. The van der Waals surface area contributed by atoms with Crippen molar-refractivity contribution in [3.63, 3.8) is 0 Å². The number of anilines is 3. The normalized spacial score (nSPS) is 14.4. The maximum absolute atomic E-state index is 13.8. The Morgan fingerprint density at radius 1 is 0.310 bits per heavy atom. The average Bonchev–Trinajstić information content (AvgIpc) is 4.03. The van der Waals surface area contributed by atoms with Crippen LogP contribution in [-0.2, 0) is 33.8 Å². The highest BCUT2D eigenvalue weighted by Crippen LogP contribution is 2.39. The van der Waals surface area contributed by atoms with Gasteiger partial charge in [0.05, 0.1) is 28.1 Å². The molecule has 3 aromatic heterocycles. The van der Waals surface area contributed by atoms with Crippen LogP contribution in [0.25, 0.3) is 67.6 Å². The molecule has 0 saturated heterocycles. The summed E-state index contributed by atoms with van der Waals surface area (Å²) in [6.45, 7) is 0.856. The summed E-state index contributed by atoms with van der Waals surface area (Å²) in [5.74, 6) is -0.554. The molecule has 7 heterocycles. The van der Waals surface area contributed by atoms with Crippen LogP contribution >= 0.6 is 0 Å². The van der Waals surface area contributed by atoms with E-state index in [0.29, 0.717) is 36.9 Å². The van der Waals surface area contributed by atoms with E-state index in [1.54, 1.807) is 0 Å². The molecule has 416 valence electrons. The summed E-state index contributed by atoms with van der Waals surface area (Å²) in [5, 5.41) is 10.9. The molecular formula is C69H56N6O9. The predicted molar refractivity (Wildman–Crippen MR) is 326 cm³/mol. The molecule has 0 unspecified atom stereocenters. The molecule has 0 saturated carbocycles. The fourth-order valence-corrected chi connectivity index (χ4v) is 10.8. The lowest BCUT2D eigenvalue weighted by Gasteiger charge is -2.15. The van der Waals surface area contributed by atoms with E-state index >= 15 is 0 Å². The van der Waals surface area contributed by atoms with Crippen molar-refractivity contribution in [2.45, 2.75) is 19.6 Å². The first-order chi connectivity index (χ1) is 41.3. The summed E-state index contributed by atoms with van der Waals surface area (Å²) in [4.78, 5) is 54.6. The number of carbonyl (C=O) groups is 3. The van der Waals surface area contributed by atoms with Crippen LogP contribution in [0.15, 0.2) is 188 Å². The number of H-pyrrole nitrogens is 2. The SMILES string of the molecule is O=C1OCCOc2ccccc2CNc2cccc(c2)-c2c3nc(c4c5ccc([nH]5)c(c5ccc2[nH]5)-c2cccc(c2)NCc2ccccc2OCCOC(=O)c2cc1cc(c2)C(=O)OCCOc1ccccc1CNc1cccc-4c1)C=C3. The van der Waals surface area contributed by atoms with Gasteiger partial charge in [-0.05, 0) is 126 Å². The van der Waals surface area contributed by atoms with Crippen molar-refractivity contribution in [1.82, 2.24) is 15.0 Å². The van der Waals surface area contributed by atoms with Crippen LogP contribution in [0.4, 0.5) is 17.1 Å². The standard InChI is InChI=1S/C69H56N6O9/c76-67-49-34-50-36-51(35-49)69(78)84-33-30-81-63-21-6-3-12-48(63)42-72-54-18-9-15-45(39-54)66-58-25-23-56(74-58)64(43-13-7-16-52(37-43)70-40-46-10-1-4-19-61(46)79-28-31-82-67)55-22-24-57(73-55)65(59-26-27-60(66)75-59)44-14-8-17-53(38-44)71-41-47-11-2-5-20-62(47)80-29-32-83-68(50)77/h1-27,34-39,70-74H,28-33,40-42H2. The van der Waals surface area contributed by atoms with Gasteiger partial charge in [-0.3, -0.25) is 0 Å². The molecule has 0 aliphatic carbocycles. The van der Waals surface area contributed by atoms with Gasteiger partial charge >= 0.3 is 17.9 Å². The minimum absolute atomic E-state index is 0.0120.